The minimum atomic E-state index is -0.621. The Morgan fingerprint density at radius 1 is 1.80 bits per heavy atom. The van der Waals surface area contributed by atoms with Crippen LogP contribution in [0.5, 0.6) is 0 Å². The fourth-order valence-corrected chi connectivity index (χ4v) is 2.86. The van der Waals surface area contributed by atoms with E-state index in [-0.39, 0.29) is 5.91 Å². The number of hydrogen-bond donors (Lipinski definition) is 2. The van der Waals surface area contributed by atoms with E-state index in [9.17, 15) is 4.79 Å². The number of carbonyl (C=O) groups is 1. The Morgan fingerprint density at radius 3 is 3.00 bits per heavy atom. The zero-order valence-corrected chi connectivity index (χ0v) is 10.5. The highest BCUT2D eigenvalue weighted by Gasteiger charge is 2.28. The summed E-state index contributed by atoms with van der Waals surface area (Å²) in [4.78, 5) is 15.3. The van der Waals surface area contributed by atoms with Crippen molar-refractivity contribution in [1.82, 2.24) is 10.3 Å². The van der Waals surface area contributed by atoms with Gasteiger partial charge in [-0.1, -0.05) is 11.8 Å². The zero-order chi connectivity index (χ0) is 11.3. The van der Waals surface area contributed by atoms with E-state index in [1.165, 1.54) is 0 Å². The van der Waals surface area contributed by atoms with Crippen LogP contribution in [0.2, 0.25) is 0 Å². The summed E-state index contributed by atoms with van der Waals surface area (Å²) in [6.07, 6.45) is 2.47. The topological polar surface area (TPSA) is 68.0 Å². The SMILES string of the molecule is CNC(C)(CCSc1nccs1)C(N)=O. The van der Waals surface area contributed by atoms with Crippen LogP contribution in [0.1, 0.15) is 13.3 Å². The summed E-state index contributed by atoms with van der Waals surface area (Å²) >= 11 is 3.25. The van der Waals surface area contributed by atoms with E-state index in [0.29, 0.717) is 6.42 Å². The third-order valence-electron chi connectivity index (χ3n) is 2.33. The Kier molecular flexibility index (Phi) is 4.56. The molecule has 1 rings (SSSR count). The molecule has 0 spiro atoms. The maximum atomic E-state index is 11.2. The molecule has 15 heavy (non-hydrogen) atoms. The number of aromatic nitrogens is 1. The highest BCUT2D eigenvalue weighted by molar-refractivity contribution is 8.00. The van der Waals surface area contributed by atoms with Gasteiger partial charge in [-0.2, -0.15) is 0 Å². The van der Waals surface area contributed by atoms with Gasteiger partial charge < -0.3 is 11.1 Å². The van der Waals surface area contributed by atoms with Crippen LogP contribution in [-0.2, 0) is 4.79 Å². The summed E-state index contributed by atoms with van der Waals surface area (Å²) in [6, 6.07) is 0. The van der Waals surface area contributed by atoms with Crippen molar-refractivity contribution in [1.29, 1.82) is 0 Å². The number of amides is 1. The highest BCUT2D eigenvalue weighted by atomic mass is 32.2. The van der Waals surface area contributed by atoms with Crippen LogP contribution in [0.4, 0.5) is 0 Å². The van der Waals surface area contributed by atoms with Crippen LogP contribution in [0.25, 0.3) is 0 Å². The lowest BCUT2D eigenvalue weighted by molar-refractivity contribution is -0.123. The van der Waals surface area contributed by atoms with Gasteiger partial charge in [0.2, 0.25) is 5.91 Å². The summed E-state index contributed by atoms with van der Waals surface area (Å²) in [5, 5.41) is 4.89. The van der Waals surface area contributed by atoms with Crippen LogP contribution in [-0.4, -0.2) is 29.2 Å². The summed E-state index contributed by atoms with van der Waals surface area (Å²) in [6.45, 7) is 1.82. The Hall–Kier alpha value is -0.590. The largest absolute Gasteiger partial charge is 0.368 e. The minimum absolute atomic E-state index is 0.315. The lowest BCUT2D eigenvalue weighted by Gasteiger charge is -2.24. The smallest absolute Gasteiger partial charge is 0.237 e. The van der Waals surface area contributed by atoms with Gasteiger partial charge in [0, 0.05) is 17.3 Å². The third-order valence-corrected chi connectivity index (χ3v) is 4.30. The Bertz CT molecular complexity index is 315. The Labute approximate surface area is 97.7 Å². The second-order valence-corrected chi connectivity index (χ2v) is 5.58. The first-order chi connectivity index (χ1) is 7.08. The molecule has 0 fully saturated rings. The predicted octanol–water partition coefficient (Wildman–Crippen LogP) is 1.09. The van der Waals surface area contributed by atoms with E-state index in [0.717, 1.165) is 10.1 Å². The van der Waals surface area contributed by atoms with Crippen molar-refractivity contribution >= 4 is 29.0 Å². The van der Waals surface area contributed by atoms with Gasteiger partial charge >= 0.3 is 0 Å². The number of thiazole rings is 1. The molecule has 84 valence electrons. The number of primary amides is 1. The first kappa shape index (κ1) is 12.5. The molecule has 0 bridgehead atoms. The van der Waals surface area contributed by atoms with E-state index in [1.807, 2.05) is 12.3 Å². The third kappa shape index (κ3) is 3.48. The lowest BCUT2D eigenvalue weighted by atomic mass is 9.99. The molecule has 1 aromatic rings. The fourth-order valence-electron chi connectivity index (χ4n) is 0.996. The van der Waals surface area contributed by atoms with Gasteiger partial charge in [0.25, 0.3) is 0 Å². The number of nitrogens with zero attached hydrogens (tertiary/aromatic N) is 1. The van der Waals surface area contributed by atoms with Crippen LogP contribution in [0.3, 0.4) is 0 Å². The molecule has 0 saturated heterocycles. The van der Waals surface area contributed by atoms with E-state index in [2.05, 4.69) is 10.3 Å². The highest BCUT2D eigenvalue weighted by Crippen LogP contribution is 2.23. The molecule has 6 heteroatoms. The van der Waals surface area contributed by atoms with Crippen LogP contribution in [0, 0.1) is 0 Å². The zero-order valence-electron chi connectivity index (χ0n) is 8.82. The number of hydrogen-bond acceptors (Lipinski definition) is 5. The molecule has 1 unspecified atom stereocenters. The van der Waals surface area contributed by atoms with Gasteiger partial charge in [0.15, 0.2) is 0 Å². The molecule has 0 radical (unpaired) electrons. The summed E-state index contributed by atoms with van der Waals surface area (Å²) in [7, 11) is 1.75. The molecular formula is C9H15N3OS2. The molecule has 0 aliphatic heterocycles. The van der Waals surface area contributed by atoms with Crippen molar-refractivity contribution in [3.8, 4) is 0 Å². The van der Waals surface area contributed by atoms with Gasteiger partial charge in [0.05, 0.1) is 5.54 Å². The normalized spacial score (nSPS) is 14.8. The van der Waals surface area contributed by atoms with Crippen molar-refractivity contribution < 1.29 is 4.79 Å². The number of carbonyl (C=O) groups excluding carboxylic acids is 1. The number of nitrogens with two attached hydrogens (primary N) is 1. The average molecular weight is 245 g/mol. The molecule has 0 aliphatic carbocycles. The molecule has 0 aliphatic rings. The predicted molar refractivity (Wildman–Crippen MR) is 64.1 cm³/mol. The first-order valence-corrected chi connectivity index (χ1v) is 6.46. The summed E-state index contributed by atoms with van der Waals surface area (Å²) in [5.41, 5.74) is 4.70. The van der Waals surface area contributed by atoms with E-state index < -0.39 is 5.54 Å². The first-order valence-electron chi connectivity index (χ1n) is 4.59. The van der Waals surface area contributed by atoms with E-state index in [4.69, 9.17) is 5.73 Å². The Morgan fingerprint density at radius 2 is 2.53 bits per heavy atom. The van der Waals surface area contributed by atoms with Crippen LogP contribution >= 0.6 is 23.1 Å². The van der Waals surface area contributed by atoms with Crippen molar-refractivity contribution in [2.45, 2.75) is 23.2 Å². The van der Waals surface area contributed by atoms with E-state index >= 15 is 0 Å². The molecule has 1 aromatic heterocycles. The molecule has 1 heterocycles. The quantitative estimate of drug-likeness (QED) is 0.736. The number of thioether (sulfide) groups is 1. The maximum absolute atomic E-state index is 11.2. The van der Waals surface area contributed by atoms with Gasteiger partial charge in [-0.25, -0.2) is 4.98 Å². The fraction of sp³-hybridized carbons (Fsp3) is 0.556. The molecular weight excluding hydrogens is 230 g/mol. The van der Waals surface area contributed by atoms with Crippen molar-refractivity contribution in [3.63, 3.8) is 0 Å². The lowest BCUT2D eigenvalue weighted by Crippen LogP contribution is -2.51. The molecule has 0 saturated carbocycles. The minimum Gasteiger partial charge on any atom is -0.368 e. The molecule has 4 nitrogen and oxygen atoms in total. The van der Waals surface area contributed by atoms with Crippen molar-refractivity contribution in [2.24, 2.45) is 5.73 Å². The van der Waals surface area contributed by atoms with Gasteiger partial charge in [-0.15, -0.1) is 11.3 Å². The molecule has 3 N–H and O–H groups in total. The van der Waals surface area contributed by atoms with Crippen molar-refractivity contribution in [2.75, 3.05) is 12.8 Å². The monoisotopic (exact) mass is 245 g/mol. The number of nitrogens with one attached hydrogen (secondary N) is 1. The average Bonchev–Trinajstić information content (AvgIpc) is 2.70. The van der Waals surface area contributed by atoms with Crippen LogP contribution < -0.4 is 11.1 Å². The number of rotatable bonds is 6. The second-order valence-electron chi connectivity index (χ2n) is 3.34. The molecule has 1 atom stereocenters. The van der Waals surface area contributed by atoms with Gasteiger partial charge in [0.1, 0.15) is 4.34 Å². The molecule has 0 aromatic carbocycles. The van der Waals surface area contributed by atoms with Crippen LogP contribution in [0.15, 0.2) is 15.9 Å². The summed E-state index contributed by atoms with van der Waals surface area (Å²) in [5.74, 6) is 0.512. The molecule has 1 amide bonds. The van der Waals surface area contributed by atoms with Crippen molar-refractivity contribution in [3.05, 3.63) is 11.6 Å². The maximum Gasteiger partial charge on any atom is 0.237 e. The Balaban J connectivity index is 2.38. The van der Waals surface area contributed by atoms with E-state index in [1.54, 1.807) is 36.3 Å². The summed E-state index contributed by atoms with van der Waals surface area (Å²) < 4.78 is 1.03. The van der Waals surface area contributed by atoms with Gasteiger partial charge in [-0.3, -0.25) is 4.79 Å². The number of likely N-dealkylation sites (N-methyl/N-ethyl adjacent to an activating group) is 1. The van der Waals surface area contributed by atoms with Gasteiger partial charge in [-0.05, 0) is 20.4 Å². The standard InChI is InChI=1S/C9H15N3OS2/c1-9(11-2,7(10)13)3-5-14-8-12-4-6-15-8/h4,6,11H,3,5H2,1-2H3,(H2,10,13). The second kappa shape index (κ2) is 5.48.